The molecule has 0 bridgehead atoms. The van der Waals surface area contributed by atoms with E-state index >= 15 is 0 Å². The highest BCUT2D eigenvalue weighted by molar-refractivity contribution is 6.39. The molecule has 5 nitrogen and oxygen atoms in total. The molecule has 3 N–H and O–H groups in total. The Morgan fingerprint density at radius 2 is 1.79 bits per heavy atom. The minimum Gasteiger partial charge on any atom is -0.396 e. The summed E-state index contributed by atoms with van der Waals surface area (Å²) in [7, 11) is 0. The summed E-state index contributed by atoms with van der Waals surface area (Å²) in [5, 5.41) is 13.8. The van der Waals surface area contributed by atoms with E-state index in [2.05, 4.69) is 10.6 Å². The van der Waals surface area contributed by atoms with Crippen molar-refractivity contribution in [3.05, 3.63) is 30.1 Å². The highest BCUT2D eigenvalue weighted by Crippen LogP contribution is 2.08. The maximum absolute atomic E-state index is 12.7. The van der Waals surface area contributed by atoms with Gasteiger partial charge in [0.15, 0.2) is 0 Å². The average Bonchev–Trinajstić information content (AvgIpc) is 2.40. The first kappa shape index (κ1) is 15.1. The van der Waals surface area contributed by atoms with E-state index in [0.717, 1.165) is 0 Å². The van der Waals surface area contributed by atoms with Crippen LogP contribution in [0.2, 0.25) is 0 Å². The number of carbonyl (C=O) groups is 2. The minimum atomic E-state index is -0.830. The van der Waals surface area contributed by atoms with E-state index in [0.29, 0.717) is 5.69 Å². The zero-order chi connectivity index (χ0) is 14.4. The lowest BCUT2D eigenvalue weighted by molar-refractivity contribution is -0.136. The van der Waals surface area contributed by atoms with Crippen molar-refractivity contribution in [1.82, 2.24) is 5.32 Å². The first-order valence-electron chi connectivity index (χ1n) is 5.92. The molecule has 0 saturated heterocycles. The summed E-state index contributed by atoms with van der Waals surface area (Å²) in [6.07, 6.45) is 0. The lowest BCUT2D eigenvalue weighted by atomic mass is 10.1. The maximum Gasteiger partial charge on any atom is 0.313 e. The van der Waals surface area contributed by atoms with Crippen LogP contribution in [0, 0.1) is 11.7 Å². The van der Waals surface area contributed by atoms with E-state index in [1.807, 2.05) is 0 Å². The van der Waals surface area contributed by atoms with Gasteiger partial charge in [0.05, 0.1) is 0 Å². The zero-order valence-electron chi connectivity index (χ0n) is 10.8. The molecular weight excluding hydrogens is 251 g/mol. The molecule has 2 atom stereocenters. The lowest BCUT2D eigenvalue weighted by Crippen LogP contribution is -2.43. The van der Waals surface area contributed by atoms with Crippen molar-refractivity contribution in [1.29, 1.82) is 0 Å². The van der Waals surface area contributed by atoms with Gasteiger partial charge in [-0.25, -0.2) is 4.39 Å². The van der Waals surface area contributed by atoms with Crippen molar-refractivity contribution in [3.63, 3.8) is 0 Å². The number of aliphatic hydroxyl groups excluding tert-OH is 1. The Bertz CT molecular complexity index is 448. The first-order chi connectivity index (χ1) is 8.93. The van der Waals surface area contributed by atoms with Crippen LogP contribution >= 0.6 is 0 Å². The van der Waals surface area contributed by atoms with Gasteiger partial charge in [-0.3, -0.25) is 9.59 Å². The van der Waals surface area contributed by atoms with Gasteiger partial charge in [0, 0.05) is 18.3 Å². The molecule has 0 aromatic heterocycles. The third kappa shape index (κ3) is 4.67. The summed E-state index contributed by atoms with van der Waals surface area (Å²) in [5.74, 6) is -2.20. The predicted molar refractivity (Wildman–Crippen MR) is 68.9 cm³/mol. The number of nitrogens with one attached hydrogen (secondary N) is 2. The number of anilines is 1. The van der Waals surface area contributed by atoms with Gasteiger partial charge in [-0.2, -0.15) is 0 Å². The molecule has 0 heterocycles. The molecule has 2 unspecified atom stereocenters. The molecule has 1 aromatic rings. The van der Waals surface area contributed by atoms with Crippen LogP contribution in [-0.2, 0) is 9.59 Å². The van der Waals surface area contributed by atoms with Crippen LogP contribution in [0.4, 0.5) is 10.1 Å². The number of halogens is 1. The highest BCUT2D eigenvalue weighted by Gasteiger charge is 2.19. The average molecular weight is 268 g/mol. The van der Waals surface area contributed by atoms with E-state index in [9.17, 15) is 14.0 Å². The Morgan fingerprint density at radius 1 is 1.21 bits per heavy atom. The van der Waals surface area contributed by atoms with Crippen molar-refractivity contribution < 1.29 is 19.1 Å². The second kappa shape index (κ2) is 6.84. The standard InChI is InChI=1S/C13H17FN2O3/c1-8(7-17)9(2)15-12(18)13(19)16-11-5-3-10(14)4-6-11/h3-6,8-9,17H,7H2,1-2H3,(H,15,18)(H,16,19). The van der Waals surface area contributed by atoms with Crippen molar-refractivity contribution in [2.24, 2.45) is 5.92 Å². The van der Waals surface area contributed by atoms with E-state index in [1.54, 1.807) is 13.8 Å². The van der Waals surface area contributed by atoms with E-state index < -0.39 is 17.6 Å². The summed E-state index contributed by atoms with van der Waals surface area (Å²) in [6.45, 7) is 3.37. The Hall–Kier alpha value is -1.95. The smallest absolute Gasteiger partial charge is 0.313 e. The van der Waals surface area contributed by atoms with Crippen molar-refractivity contribution >= 4 is 17.5 Å². The van der Waals surface area contributed by atoms with Crippen LogP contribution in [0.25, 0.3) is 0 Å². The molecule has 0 spiro atoms. The molecule has 0 saturated carbocycles. The second-order valence-corrected chi connectivity index (χ2v) is 4.38. The van der Waals surface area contributed by atoms with E-state index in [1.165, 1.54) is 24.3 Å². The van der Waals surface area contributed by atoms with Crippen molar-refractivity contribution in [2.75, 3.05) is 11.9 Å². The summed E-state index contributed by atoms with van der Waals surface area (Å²) in [4.78, 5) is 23.1. The number of benzene rings is 1. The molecule has 0 aliphatic rings. The van der Waals surface area contributed by atoms with Gasteiger partial charge in [0.2, 0.25) is 0 Å². The Labute approximate surface area is 110 Å². The monoisotopic (exact) mass is 268 g/mol. The van der Waals surface area contributed by atoms with Crippen LogP contribution in [0.15, 0.2) is 24.3 Å². The highest BCUT2D eigenvalue weighted by atomic mass is 19.1. The molecule has 0 aliphatic heterocycles. The maximum atomic E-state index is 12.7. The van der Waals surface area contributed by atoms with Gasteiger partial charge < -0.3 is 15.7 Å². The van der Waals surface area contributed by atoms with E-state index in [-0.39, 0.29) is 18.6 Å². The van der Waals surface area contributed by atoms with Gasteiger partial charge in [-0.1, -0.05) is 6.92 Å². The zero-order valence-corrected chi connectivity index (χ0v) is 10.8. The molecular formula is C13H17FN2O3. The van der Waals surface area contributed by atoms with Gasteiger partial charge >= 0.3 is 11.8 Å². The molecule has 2 amide bonds. The topological polar surface area (TPSA) is 78.4 Å². The molecule has 104 valence electrons. The van der Waals surface area contributed by atoms with Gasteiger partial charge in [0.1, 0.15) is 5.82 Å². The number of hydrogen-bond donors (Lipinski definition) is 3. The van der Waals surface area contributed by atoms with Crippen LogP contribution in [0.1, 0.15) is 13.8 Å². The summed E-state index contributed by atoms with van der Waals surface area (Å²) < 4.78 is 12.7. The number of hydrogen-bond acceptors (Lipinski definition) is 3. The number of amides is 2. The lowest BCUT2D eigenvalue weighted by Gasteiger charge is -2.18. The molecule has 0 aliphatic carbocycles. The van der Waals surface area contributed by atoms with Crippen LogP contribution in [0.5, 0.6) is 0 Å². The Balaban J connectivity index is 2.53. The van der Waals surface area contributed by atoms with Crippen molar-refractivity contribution in [2.45, 2.75) is 19.9 Å². The predicted octanol–water partition coefficient (Wildman–Crippen LogP) is 0.897. The normalized spacial score (nSPS) is 13.5. The third-order valence-corrected chi connectivity index (χ3v) is 2.81. The number of aliphatic hydroxyl groups is 1. The van der Waals surface area contributed by atoms with Gasteiger partial charge in [0.25, 0.3) is 0 Å². The van der Waals surface area contributed by atoms with Gasteiger partial charge in [-0.05, 0) is 37.1 Å². The largest absolute Gasteiger partial charge is 0.396 e. The quantitative estimate of drug-likeness (QED) is 0.710. The fraction of sp³-hybridized carbons (Fsp3) is 0.385. The fourth-order valence-corrected chi connectivity index (χ4v) is 1.29. The van der Waals surface area contributed by atoms with Gasteiger partial charge in [-0.15, -0.1) is 0 Å². The van der Waals surface area contributed by atoms with Crippen LogP contribution in [0.3, 0.4) is 0 Å². The summed E-state index contributed by atoms with van der Waals surface area (Å²) in [5.41, 5.74) is 0.337. The minimum absolute atomic E-state index is 0.0823. The van der Waals surface area contributed by atoms with Crippen LogP contribution in [-0.4, -0.2) is 29.6 Å². The molecule has 19 heavy (non-hydrogen) atoms. The van der Waals surface area contributed by atoms with Crippen molar-refractivity contribution in [3.8, 4) is 0 Å². The van der Waals surface area contributed by atoms with Crippen LogP contribution < -0.4 is 10.6 Å². The Morgan fingerprint density at radius 3 is 2.32 bits per heavy atom. The van der Waals surface area contributed by atoms with E-state index in [4.69, 9.17) is 5.11 Å². The molecule has 0 radical (unpaired) electrons. The molecule has 1 rings (SSSR count). The summed E-state index contributed by atoms with van der Waals surface area (Å²) >= 11 is 0. The molecule has 0 fully saturated rings. The second-order valence-electron chi connectivity index (χ2n) is 4.38. The molecule has 1 aromatic carbocycles. The third-order valence-electron chi connectivity index (χ3n) is 2.81. The SMILES string of the molecule is CC(CO)C(C)NC(=O)C(=O)Nc1ccc(F)cc1. The Kier molecular flexibility index (Phi) is 5.44. The number of carbonyl (C=O) groups excluding carboxylic acids is 2. The first-order valence-corrected chi connectivity index (χ1v) is 5.92. The summed E-state index contributed by atoms with van der Waals surface area (Å²) in [6, 6.07) is 4.77. The fourth-order valence-electron chi connectivity index (χ4n) is 1.29. The molecule has 6 heteroatoms. The number of rotatable bonds is 4.